The first kappa shape index (κ1) is 16.7. The number of methoxy groups -OCH3 is 1. The summed E-state index contributed by atoms with van der Waals surface area (Å²) < 4.78 is 36.6. The minimum atomic E-state index is -3.13. The molecule has 3 saturated carbocycles. The van der Waals surface area contributed by atoms with Crippen molar-refractivity contribution in [3.63, 3.8) is 0 Å². The van der Waals surface area contributed by atoms with E-state index in [4.69, 9.17) is 9.15 Å². The lowest BCUT2D eigenvalue weighted by Gasteiger charge is -2.41. The van der Waals surface area contributed by atoms with Gasteiger partial charge in [-0.15, -0.1) is 0 Å². The topological polar surface area (TPSA) is 56.5 Å². The van der Waals surface area contributed by atoms with E-state index in [1.54, 1.807) is 19.6 Å². The highest BCUT2D eigenvalue weighted by molar-refractivity contribution is 7.91. The molecule has 0 N–H and O–H groups in total. The van der Waals surface area contributed by atoms with Gasteiger partial charge in [-0.3, -0.25) is 0 Å². The highest BCUT2D eigenvalue weighted by atomic mass is 32.2. The molecule has 4 nitrogen and oxygen atoms in total. The number of rotatable bonds is 5. The van der Waals surface area contributed by atoms with Gasteiger partial charge in [-0.1, -0.05) is 25.0 Å². The molecule has 0 spiro atoms. The van der Waals surface area contributed by atoms with Gasteiger partial charge in [-0.25, -0.2) is 8.42 Å². The van der Waals surface area contributed by atoms with E-state index in [0.717, 1.165) is 36.0 Å². The molecule has 2 aromatic rings. The van der Waals surface area contributed by atoms with E-state index >= 15 is 0 Å². The minimum absolute atomic E-state index is 0.100. The Morgan fingerprint density at radius 3 is 2.56 bits per heavy atom. The molecule has 1 heterocycles. The molecule has 0 radical (unpaired) electrons. The van der Waals surface area contributed by atoms with Gasteiger partial charge in [0.2, 0.25) is 0 Å². The van der Waals surface area contributed by atoms with Crippen LogP contribution in [0, 0.1) is 11.8 Å². The third-order valence-electron chi connectivity index (χ3n) is 5.91. The molecule has 3 fully saturated rings. The Balaban J connectivity index is 1.58. The van der Waals surface area contributed by atoms with Crippen LogP contribution in [0.5, 0.6) is 5.75 Å². The molecular formula is C20H24O4S. The van der Waals surface area contributed by atoms with Crippen molar-refractivity contribution in [3.8, 4) is 16.9 Å². The predicted octanol–water partition coefficient (Wildman–Crippen LogP) is 4.45. The lowest BCUT2D eigenvalue weighted by molar-refractivity contribution is 0.179. The summed E-state index contributed by atoms with van der Waals surface area (Å²) in [6, 6.07) is 7.53. The van der Waals surface area contributed by atoms with E-state index < -0.39 is 9.84 Å². The van der Waals surface area contributed by atoms with Gasteiger partial charge in [0.1, 0.15) is 5.75 Å². The third-order valence-corrected chi connectivity index (χ3v) is 8.15. The summed E-state index contributed by atoms with van der Waals surface area (Å²) in [5.74, 6) is 1.76. The van der Waals surface area contributed by atoms with E-state index in [1.807, 2.05) is 24.3 Å². The Morgan fingerprint density at radius 1 is 1.16 bits per heavy atom. The van der Waals surface area contributed by atoms with E-state index in [2.05, 4.69) is 0 Å². The highest BCUT2D eigenvalue weighted by Gasteiger charge is 2.42. The van der Waals surface area contributed by atoms with Gasteiger partial charge < -0.3 is 9.15 Å². The van der Waals surface area contributed by atoms with Crippen LogP contribution in [0.15, 0.2) is 41.2 Å². The molecule has 3 aliphatic rings. The fourth-order valence-corrected chi connectivity index (χ4v) is 6.86. The van der Waals surface area contributed by atoms with Crippen LogP contribution in [0.3, 0.4) is 0 Å². The fraction of sp³-hybridized carbons (Fsp3) is 0.500. The quantitative estimate of drug-likeness (QED) is 0.790. The van der Waals surface area contributed by atoms with Crippen molar-refractivity contribution in [2.24, 2.45) is 11.8 Å². The van der Waals surface area contributed by atoms with Crippen LogP contribution in [0.2, 0.25) is 0 Å². The smallest absolute Gasteiger partial charge is 0.157 e. The molecule has 0 amide bonds. The Hall–Kier alpha value is -1.75. The minimum Gasteiger partial charge on any atom is -0.496 e. The number of furan rings is 1. The SMILES string of the molecule is COc1cc(CS(=O)(=O)C2CC3CCC2CC3)ccc1-c1ccoc1. The van der Waals surface area contributed by atoms with Gasteiger partial charge in [0.15, 0.2) is 9.84 Å². The van der Waals surface area contributed by atoms with Crippen LogP contribution in [-0.4, -0.2) is 20.8 Å². The molecule has 5 rings (SSSR count). The molecular weight excluding hydrogens is 336 g/mol. The van der Waals surface area contributed by atoms with Crippen LogP contribution in [0.4, 0.5) is 0 Å². The Kier molecular flexibility index (Phi) is 4.36. The second-order valence-corrected chi connectivity index (χ2v) is 9.63. The van der Waals surface area contributed by atoms with Gasteiger partial charge in [0.05, 0.1) is 30.6 Å². The molecule has 0 aliphatic heterocycles. The third kappa shape index (κ3) is 3.22. The molecule has 2 bridgehead atoms. The number of fused-ring (bicyclic) bond motifs is 3. The zero-order chi connectivity index (χ0) is 17.4. The molecule has 25 heavy (non-hydrogen) atoms. The largest absolute Gasteiger partial charge is 0.496 e. The molecule has 5 heteroatoms. The number of sulfone groups is 1. The number of hydrogen-bond donors (Lipinski definition) is 0. The molecule has 0 saturated heterocycles. The summed E-state index contributed by atoms with van der Waals surface area (Å²) in [6.45, 7) is 0. The monoisotopic (exact) mass is 360 g/mol. The van der Waals surface area contributed by atoms with Gasteiger partial charge >= 0.3 is 0 Å². The number of hydrogen-bond acceptors (Lipinski definition) is 4. The van der Waals surface area contributed by atoms with Crippen LogP contribution < -0.4 is 4.74 Å². The van der Waals surface area contributed by atoms with Gasteiger partial charge in [-0.05, 0) is 48.8 Å². The molecule has 1 unspecified atom stereocenters. The highest BCUT2D eigenvalue weighted by Crippen LogP contribution is 2.45. The fourth-order valence-electron chi connectivity index (χ4n) is 4.58. The van der Waals surface area contributed by atoms with E-state index in [-0.39, 0.29) is 11.0 Å². The van der Waals surface area contributed by atoms with Crippen molar-refractivity contribution in [1.82, 2.24) is 0 Å². The summed E-state index contributed by atoms with van der Waals surface area (Å²) in [6.07, 6.45) is 8.72. The van der Waals surface area contributed by atoms with Crippen molar-refractivity contribution < 1.29 is 17.6 Å². The summed E-state index contributed by atoms with van der Waals surface area (Å²) >= 11 is 0. The normalized spacial score (nSPS) is 25.9. The summed E-state index contributed by atoms with van der Waals surface area (Å²) in [4.78, 5) is 0. The van der Waals surface area contributed by atoms with E-state index in [9.17, 15) is 8.42 Å². The lowest BCUT2D eigenvalue weighted by Crippen LogP contribution is -2.40. The molecule has 1 atom stereocenters. The maximum absolute atomic E-state index is 13.0. The standard InChI is InChI=1S/C20H24O4S/c1-23-19-10-15(4-7-18(19)17-8-9-24-12-17)13-25(21,22)20-11-14-2-5-16(20)6-3-14/h4,7-10,12,14,16,20H,2-3,5-6,11,13H2,1H3. The van der Waals surface area contributed by atoms with Crippen molar-refractivity contribution in [2.75, 3.05) is 7.11 Å². The van der Waals surface area contributed by atoms with Crippen molar-refractivity contribution >= 4 is 9.84 Å². The number of ether oxygens (including phenoxy) is 1. The Bertz CT molecular complexity index is 831. The predicted molar refractivity (Wildman–Crippen MR) is 97.2 cm³/mol. The first-order valence-corrected chi connectivity index (χ1v) is 10.7. The maximum atomic E-state index is 13.0. The van der Waals surface area contributed by atoms with Gasteiger partial charge in [-0.2, -0.15) is 0 Å². The zero-order valence-electron chi connectivity index (χ0n) is 14.5. The molecule has 3 aliphatic carbocycles. The summed E-state index contributed by atoms with van der Waals surface area (Å²) in [5, 5.41) is -0.153. The lowest BCUT2D eigenvalue weighted by atomic mass is 9.70. The van der Waals surface area contributed by atoms with Gasteiger partial charge in [0.25, 0.3) is 0 Å². The van der Waals surface area contributed by atoms with Crippen LogP contribution in [0.1, 0.15) is 37.7 Å². The van der Waals surface area contributed by atoms with Gasteiger partial charge in [0, 0.05) is 11.1 Å². The zero-order valence-corrected chi connectivity index (χ0v) is 15.3. The number of benzene rings is 1. The summed E-state index contributed by atoms with van der Waals surface area (Å²) in [7, 11) is -1.52. The average molecular weight is 360 g/mol. The van der Waals surface area contributed by atoms with Crippen molar-refractivity contribution in [1.29, 1.82) is 0 Å². The van der Waals surface area contributed by atoms with Crippen LogP contribution >= 0.6 is 0 Å². The summed E-state index contributed by atoms with van der Waals surface area (Å²) in [5.41, 5.74) is 2.63. The van der Waals surface area contributed by atoms with Crippen molar-refractivity contribution in [2.45, 2.75) is 43.1 Å². The van der Waals surface area contributed by atoms with Crippen LogP contribution in [0.25, 0.3) is 11.1 Å². The Morgan fingerprint density at radius 2 is 1.96 bits per heavy atom. The Labute approximate surface area is 149 Å². The van der Waals surface area contributed by atoms with E-state index in [0.29, 0.717) is 17.6 Å². The molecule has 1 aromatic heterocycles. The second-order valence-electron chi connectivity index (χ2n) is 7.41. The average Bonchev–Trinajstić information content (AvgIpc) is 3.16. The van der Waals surface area contributed by atoms with Crippen molar-refractivity contribution in [3.05, 3.63) is 42.4 Å². The van der Waals surface area contributed by atoms with E-state index in [1.165, 1.54) is 12.8 Å². The maximum Gasteiger partial charge on any atom is 0.157 e. The first-order chi connectivity index (χ1) is 12.1. The molecule has 1 aromatic carbocycles. The second kappa shape index (κ2) is 6.52. The molecule has 134 valence electrons. The van der Waals surface area contributed by atoms with Crippen LogP contribution in [-0.2, 0) is 15.6 Å². The first-order valence-electron chi connectivity index (χ1n) is 8.98.